The zero-order valence-corrected chi connectivity index (χ0v) is 21.5. The number of rotatable bonds is 7. The highest BCUT2D eigenvalue weighted by molar-refractivity contribution is 6.01. The highest BCUT2D eigenvalue weighted by Gasteiger charge is 2.32. The predicted octanol–water partition coefficient (Wildman–Crippen LogP) is 8.07. The van der Waals surface area contributed by atoms with E-state index in [1.807, 2.05) is 12.1 Å². The Morgan fingerprint density at radius 3 is 2.39 bits per heavy atom. The van der Waals surface area contributed by atoms with E-state index < -0.39 is 11.7 Å². The van der Waals surface area contributed by atoms with Gasteiger partial charge < -0.3 is 4.74 Å². The fourth-order valence-corrected chi connectivity index (χ4v) is 5.49. The Morgan fingerprint density at radius 1 is 0.921 bits per heavy atom. The lowest BCUT2D eigenvalue weighted by Gasteiger charge is -2.33. The van der Waals surface area contributed by atoms with Gasteiger partial charge in [-0.25, -0.2) is 0 Å². The highest BCUT2D eigenvalue weighted by atomic mass is 19.4. The van der Waals surface area contributed by atoms with Crippen LogP contribution in [0.3, 0.4) is 0 Å². The number of hydrogen-bond acceptors (Lipinski definition) is 2. The van der Waals surface area contributed by atoms with Crippen LogP contribution in [-0.2, 0) is 12.6 Å². The van der Waals surface area contributed by atoms with Crippen molar-refractivity contribution in [1.29, 1.82) is 0 Å². The predicted molar refractivity (Wildman–Crippen MR) is 145 cm³/mol. The van der Waals surface area contributed by atoms with Crippen molar-refractivity contribution in [2.24, 2.45) is 0 Å². The zero-order chi connectivity index (χ0) is 26.7. The molecule has 0 amide bonds. The van der Waals surface area contributed by atoms with Gasteiger partial charge in [0.1, 0.15) is 5.75 Å². The number of fused-ring (bicyclic) bond motifs is 1. The third-order valence-corrected chi connectivity index (χ3v) is 7.34. The van der Waals surface area contributed by atoms with E-state index in [1.54, 1.807) is 0 Å². The quantitative estimate of drug-likeness (QED) is 0.292. The number of likely N-dealkylation sites (tertiary alicyclic amines) is 1. The van der Waals surface area contributed by atoms with Gasteiger partial charge in [0.05, 0.1) is 19.3 Å². The second-order valence-electron chi connectivity index (χ2n) is 9.95. The van der Waals surface area contributed by atoms with E-state index in [9.17, 15) is 17.6 Å². The van der Waals surface area contributed by atoms with E-state index in [2.05, 4.69) is 47.4 Å². The van der Waals surface area contributed by atoms with Crippen molar-refractivity contribution >= 4 is 17.2 Å². The van der Waals surface area contributed by atoms with E-state index in [1.165, 1.54) is 30.4 Å². The van der Waals surface area contributed by atoms with Crippen LogP contribution >= 0.6 is 0 Å². The van der Waals surface area contributed by atoms with Gasteiger partial charge in [0.15, 0.2) is 0 Å². The molecule has 198 valence electrons. The Labute approximate surface area is 221 Å². The first-order chi connectivity index (χ1) is 18.4. The molecule has 5 rings (SSSR count). The summed E-state index contributed by atoms with van der Waals surface area (Å²) in [6.45, 7) is 2.21. The van der Waals surface area contributed by atoms with Crippen LogP contribution in [0.1, 0.15) is 52.6 Å². The van der Waals surface area contributed by atoms with Gasteiger partial charge in [-0.3, -0.25) is 9.29 Å². The molecule has 0 aromatic heterocycles. The highest BCUT2D eigenvalue weighted by Crippen LogP contribution is 2.44. The van der Waals surface area contributed by atoms with E-state index in [4.69, 9.17) is 4.74 Å². The van der Waals surface area contributed by atoms with Crippen LogP contribution in [0.25, 0.3) is 17.2 Å². The Balaban J connectivity index is 1.57. The first-order valence-electron chi connectivity index (χ1n) is 13.0. The number of aryl methyl sites for hydroxylation is 1. The van der Waals surface area contributed by atoms with Crippen LogP contribution in [0.4, 0.5) is 17.6 Å². The van der Waals surface area contributed by atoms with Crippen molar-refractivity contribution in [3.63, 3.8) is 0 Å². The topological polar surface area (TPSA) is 12.5 Å². The van der Waals surface area contributed by atoms with Gasteiger partial charge >= 0.3 is 6.18 Å². The molecular formula is C32H31F4NO. The third kappa shape index (κ3) is 5.56. The molecule has 0 saturated carbocycles. The van der Waals surface area contributed by atoms with Crippen molar-refractivity contribution in [3.05, 3.63) is 106 Å². The van der Waals surface area contributed by atoms with Crippen LogP contribution in [0.15, 0.2) is 72.3 Å². The number of hydrogen-bond donors (Lipinski definition) is 0. The van der Waals surface area contributed by atoms with Crippen LogP contribution < -0.4 is 4.74 Å². The lowest BCUT2D eigenvalue weighted by molar-refractivity contribution is -0.137. The molecule has 0 bridgehead atoms. The van der Waals surface area contributed by atoms with Crippen molar-refractivity contribution in [2.75, 3.05) is 33.4 Å². The SMILES string of the molecule is COc1ccc(C(F)(F)F)cc1C1=C(c2ccc(C=C3CN(CCCF)C3)cc2)c2ccccc2CCC1. The average molecular weight is 522 g/mol. The maximum atomic E-state index is 13.7. The number of alkyl halides is 4. The number of allylic oxidation sites excluding steroid dienone is 1. The number of benzene rings is 3. The lowest BCUT2D eigenvalue weighted by Crippen LogP contribution is -2.40. The van der Waals surface area contributed by atoms with Crippen LogP contribution in [0.5, 0.6) is 5.75 Å². The summed E-state index contributed by atoms with van der Waals surface area (Å²) in [7, 11) is 1.50. The van der Waals surface area contributed by atoms with Gasteiger partial charge in [-0.1, -0.05) is 54.6 Å². The summed E-state index contributed by atoms with van der Waals surface area (Å²) in [5, 5.41) is 0. The summed E-state index contributed by atoms with van der Waals surface area (Å²) >= 11 is 0. The van der Waals surface area contributed by atoms with Gasteiger partial charge in [0, 0.05) is 25.2 Å². The monoisotopic (exact) mass is 521 g/mol. The van der Waals surface area contributed by atoms with Gasteiger partial charge in [-0.15, -0.1) is 0 Å². The van der Waals surface area contributed by atoms with E-state index in [-0.39, 0.29) is 6.67 Å². The second-order valence-corrected chi connectivity index (χ2v) is 9.95. The minimum absolute atomic E-state index is 0.287. The molecular weight excluding hydrogens is 490 g/mol. The lowest BCUT2D eigenvalue weighted by atomic mass is 9.86. The Bertz CT molecular complexity index is 1350. The Hall–Kier alpha value is -3.38. The zero-order valence-electron chi connectivity index (χ0n) is 21.5. The largest absolute Gasteiger partial charge is 0.496 e. The molecule has 2 nitrogen and oxygen atoms in total. The summed E-state index contributed by atoms with van der Waals surface area (Å²) in [4.78, 5) is 2.22. The standard InChI is InChI=1S/C32H31F4NO/c1-38-30-15-14-26(32(34,35)36)19-29(30)28-9-4-7-24-6-2-3-8-27(24)31(28)25-12-10-22(11-13-25)18-23-20-37(21-23)17-5-16-33/h2-3,6,8,10-15,18-19H,4-5,7,9,16-17,20-21H2,1H3. The summed E-state index contributed by atoms with van der Waals surface area (Å²) in [6, 6.07) is 20.1. The van der Waals surface area contributed by atoms with Gasteiger partial charge in [0.25, 0.3) is 0 Å². The van der Waals surface area contributed by atoms with Crippen molar-refractivity contribution in [1.82, 2.24) is 4.90 Å². The van der Waals surface area contributed by atoms with Gasteiger partial charge in [0.2, 0.25) is 0 Å². The molecule has 2 aliphatic rings. The summed E-state index contributed by atoms with van der Waals surface area (Å²) in [6.07, 6.45) is 0.621. The summed E-state index contributed by atoms with van der Waals surface area (Å²) in [5.41, 5.74) is 7.23. The first kappa shape index (κ1) is 26.2. The molecule has 3 aromatic rings. The van der Waals surface area contributed by atoms with Crippen LogP contribution in [0, 0.1) is 0 Å². The molecule has 0 atom stereocenters. The van der Waals surface area contributed by atoms with Crippen molar-refractivity contribution in [2.45, 2.75) is 31.9 Å². The molecule has 1 aliphatic heterocycles. The molecule has 1 aliphatic carbocycles. The number of nitrogens with zero attached hydrogens (tertiary/aromatic N) is 1. The number of halogens is 4. The fraction of sp³-hybridized carbons (Fsp3) is 0.312. The molecule has 38 heavy (non-hydrogen) atoms. The minimum atomic E-state index is -4.44. The van der Waals surface area contributed by atoms with E-state index in [0.717, 1.165) is 66.4 Å². The second kappa shape index (κ2) is 11.2. The van der Waals surface area contributed by atoms with E-state index >= 15 is 0 Å². The molecule has 0 N–H and O–H groups in total. The Morgan fingerprint density at radius 2 is 1.68 bits per heavy atom. The van der Waals surface area contributed by atoms with Gasteiger partial charge in [-0.05, 0) is 82.9 Å². The molecule has 0 spiro atoms. The molecule has 1 fully saturated rings. The smallest absolute Gasteiger partial charge is 0.416 e. The van der Waals surface area contributed by atoms with Crippen LogP contribution in [0.2, 0.25) is 0 Å². The molecule has 6 heteroatoms. The van der Waals surface area contributed by atoms with Crippen LogP contribution in [-0.4, -0.2) is 38.3 Å². The fourth-order valence-electron chi connectivity index (χ4n) is 5.49. The Kier molecular flexibility index (Phi) is 7.70. The summed E-state index contributed by atoms with van der Waals surface area (Å²) in [5.74, 6) is 0.438. The maximum Gasteiger partial charge on any atom is 0.416 e. The van der Waals surface area contributed by atoms with Gasteiger partial charge in [-0.2, -0.15) is 13.2 Å². The first-order valence-corrected chi connectivity index (χ1v) is 13.0. The molecule has 0 unspecified atom stereocenters. The maximum absolute atomic E-state index is 13.7. The number of ether oxygens (including phenoxy) is 1. The molecule has 1 saturated heterocycles. The number of methoxy groups -OCH3 is 1. The summed E-state index contributed by atoms with van der Waals surface area (Å²) < 4.78 is 59.1. The average Bonchev–Trinajstić information content (AvgIpc) is 3.09. The molecule has 0 radical (unpaired) electrons. The normalized spacial score (nSPS) is 16.1. The van der Waals surface area contributed by atoms with E-state index in [0.29, 0.717) is 24.2 Å². The van der Waals surface area contributed by atoms with Crippen molar-refractivity contribution < 1.29 is 22.3 Å². The minimum Gasteiger partial charge on any atom is -0.496 e. The third-order valence-electron chi connectivity index (χ3n) is 7.34. The van der Waals surface area contributed by atoms with Crippen molar-refractivity contribution in [3.8, 4) is 5.75 Å². The molecule has 1 heterocycles. The molecule has 3 aromatic carbocycles.